The van der Waals surface area contributed by atoms with Crippen molar-refractivity contribution < 1.29 is 28.8 Å². The van der Waals surface area contributed by atoms with Crippen LogP contribution in [0.15, 0.2) is 30.3 Å². The van der Waals surface area contributed by atoms with Crippen LogP contribution in [0.2, 0.25) is 0 Å². The number of rotatable bonds is 7. The van der Waals surface area contributed by atoms with E-state index in [1.54, 1.807) is 33.5 Å². The number of methoxy groups -OCH3 is 4. The molecule has 0 bridgehead atoms. The minimum atomic E-state index is -0.484. The molecule has 134 valence electrons. The van der Waals surface area contributed by atoms with Crippen molar-refractivity contribution in [1.82, 2.24) is 0 Å². The monoisotopic (exact) mass is 347 g/mol. The molecule has 0 radical (unpaired) electrons. The molecule has 7 heteroatoms. The van der Waals surface area contributed by atoms with Crippen LogP contribution in [0.3, 0.4) is 0 Å². The molecule has 0 saturated heterocycles. The molecular weight excluding hydrogens is 326 g/mol. The minimum Gasteiger partial charge on any atom is -0.506 e. The fourth-order valence-electron chi connectivity index (χ4n) is 2.36. The van der Waals surface area contributed by atoms with Gasteiger partial charge in [0.25, 0.3) is 0 Å². The number of carbonyl (C=O) groups is 1. The Balaban J connectivity index is 2.31. The molecule has 0 aliphatic heterocycles. The number of anilines is 1. The van der Waals surface area contributed by atoms with Gasteiger partial charge < -0.3 is 29.4 Å². The van der Waals surface area contributed by atoms with E-state index in [0.717, 1.165) is 5.56 Å². The molecule has 2 rings (SSSR count). The number of hydrogen-bond donors (Lipinski definition) is 2. The second-order valence-corrected chi connectivity index (χ2v) is 5.09. The molecule has 0 atom stereocenters. The first kappa shape index (κ1) is 18.3. The van der Waals surface area contributed by atoms with Crippen molar-refractivity contribution in [2.75, 3.05) is 33.8 Å². The van der Waals surface area contributed by atoms with E-state index >= 15 is 0 Å². The summed E-state index contributed by atoms with van der Waals surface area (Å²) in [6.45, 7) is 0.300. The summed E-state index contributed by atoms with van der Waals surface area (Å²) in [5.74, 6) is 1.29. The average Bonchev–Trinajstić information content (AvgIpc) is 2.65. The highest BCUT2D eigenvalue weighted by Crippen LogP contribution is 2.35. The molecule has 25 heavy (non-hydrogen) atoms. The predicted octanol–water partition coefficient (Wildman–Crippen LogP) is 2.82. The third-order valence-electron chi connectivity index (χ3n) is 3.69. The highest BCUT2D eigenvalue weighted by atomic mass is 16.5. The Kier molecular flexibility index (Phi) is 5.94. The van der Waals surface area contributed by atoms with Crippen LogP contribution in [0.5, 0.6) is 23.0 Å². The summed E-state index contributed by atoms with van der Waals surface area (Å²) in [6, 6.07) is 7.91. The van der Waals surface area contributed by atoms with Crippen molar-refractivity contribution in [2.24, 2.45) is 0 Å². The molecule has 0 aliphatic rings. The van der Waals surface area contributed by atoms with Crippen molar-refractivity contribution in [1.29, 1.82) is 0 Å². The lowest BCUT2D eigenvalue weighted by molar-refractivity contribution is 0.0601. The summed E-state index contributed by atoms with van der Waals surface area (Å²) in [5.41, 5.74) is 1.47. The molecule has 0 saturated carbocycles. The van der Waals surface area contributed by atoms with Gasteiger partial charge in [-0.2, -0.15) is 0 Å². The lowest BCUT2D eigenvalue weighted by Crippen LogP contribution is -2.06. The van der Waals surface area contributed by atoms with Gasteiger partial charge in [0, 0.05) is 18.7 Å². The van der Waals surface area contributed by atoms with Crippen LogP contribution >= 0.6 is 0 Å². The van der Waals surface area contributed by atoms with E-state index in [9.17, 15) is 9.90 Å². The van der Waals surface area contributed by atoms with Gasteiger partial charge in [0.15, 0.2) is 0 Å². The molecule has 0 unspecified atom stereocenters. The van der Waals surface area contributed by atoms with E-state index in [-0.39, 0.29) is 5.75 Å². The Morgan fingerprint density at radius 2 is 1.64 bits per heavy atom. The van der Waals surface area contributed by atoms with Crippen LogP contribution in [0.25, 0.3) is 0 Å². The Bertz CT molecular complexity index is 734. The molecule has 2 aromatic carbocycles. The number of phenols is 1. The van der Waals surface area contributed by atoms with Crippen molar-refractivity contribution >= 4 is 11.7 Å². The second kappa shape index (κ2) is 8.14. The fourth-order valence-corrected chi connectivity index (χ4v) is 2.36. The van der Waals surface area contributed by atoms with E-state index in [1.165, 1.54) is 25.3 Å². The van der Waals surface area contributed by atoms with Crippen LogP contribution in [-0.2, 0) is 11.3 Å². The van der Waals surface area contributed by atoms with Crippen LogP contribution in [0, 0.1) is 0 Å². The zero-order valence-corrected chi connectivity index (χ0v) is 14.6. The maximum atomic E-state index is 11.6. The van der Waals surface area contributed by atoms with E-state index in [0.29, 0.717) is 35.0 Å². The Labute approximate surface area is 146 Å². The van der Waals surface area contributed by atoms with Crippen LogP contribution in [-0.4, -0.2) is 39.5 Å². The number of ether oxygens (including phenoxy) is 4. The van der Waals surface area contributed by atoms with Gasteiger partial charge in [-0.25, -0.2) is 4.79 Å². The number of carbonyl (C=O) groups excluding carboxylic acids is 1. The molecule has 7 nitrogen and oxygen atoms in total. The highest BCUT2D eigenvalue weighted by molar-refractivity contribution is 5.91. The fraction of sp³-hybridized carbons (Fsp3) is 0.278. The largest absolute Gasteiger partial charge is 0.506 e. The van der Waals surface area contributed by atoms with E-state index in [4.69, 9.17) is 18.9 Å². The molecule has 2 N–H and O–H groups in total. The Morgan fingerprint density at radius 1 is 1.00 bits per heavy atom. The van der Waals surface area contributed by atoms with Crippen molar-refractivity contribution in [3.8, 4) is 23.0 Å². The van der Waals surface area contributed by atoms with Crippen molar-refractivity contribution in [3.63, 3.8) is 0 Å². The third-order valence-corrected chi connectivity index (χ3v) is 3.69. The summed E-state index contributed by atoms with van der Waals surface area (Å²) in [4.78, 5) is 11.6. The lowest BCUT2D eigenvalue weighted by Gasteiger charge is -2.16. The first-order valence-corrected chi connectivity index (χ1v) is 7.48. The summed E-state index contributed by atoms with van der Waals surface area (Å²) < 4.78 is 20.7. The van der Waals surface area contributed by atoms with Crippen LogP contribution in [0.4, 0.5) is 5.69 Å². The van der Waals surface area contributed by atoms with Crippen molar-refractivity contribution in [2.45, 2.75) is 6.54 Å². The number of benzene rings is 2. The van der Waals surface area contributed by atoms with E-state index in [1.807, 2.05) is 0 Å². The Morgan fingerprint density at radius 3 is 2.16 bits per heavy atom. The van der Waals surface area contributed by atoms with Crippen molar-refractivity contribution in [3.05, 3.63) is 41.5 Å². The maximum Gasteiger partial charge on any atom is 0.337 e. The molecular formula is C18H21NO6. The van der Waals surface area contributed by atoms with Gasteiger partial charge in [0.2, 0.25) is 0 Å². The van der Waals surface area contributed by atoms with Gasteiger partial charge >= 0.3 is 5.97 Å². The number of phenolic OH excluding ortho intramolecular Hbond substituents is 1. The number of nitrogens with one attached hydrogen (secondary N) is 1. The first-order valence-electron chi connectivity index (χ1n) is 7.48. The second-order valence-electron chi connectivity index (χ2n) is 5.09. The van der Waals surface area contributed by atoms with Crippen LogP contribution < -0.4 is 19.5 Å². The maximum absolute atomic E-state index is 11.6. The third kappa shape index (κ3) is 4.06. The molecule has 0 aliphatic carbocycles. The molecule has 0 aromatic heterocycles. The van der Waals surface area contributed by atoms with E-state index in [2.05, 4.69) is 5.32 Å². The summed E-state index contributed by atoms with van der Waals surface area (Å²) in [7, 11) is 5.96. The molecule has 0 amide bonds. The molecule has 0 spiro atoms. The van der Waals surface area contributed by atoms with Gasteiger partial charge in [-0.1, -0.05) is 0 Å². The zero-order valence-electron chi connectivity index (χ0n) is 14.6. The summed E-state index contributed by atoms with van der Waals surface area (Å²) in [5, 5.41) is 13.1. The van der Waals surface area contributed by atoms with Gasteiger partial charge in [-0.05, 0) is 18.2 Å². The van der Waals surface area contributed by atoms with Gasteiger partial charge in [0.1, 0.15) is 23.0 Å². The zero-order chi connectivity index (χ0) is 18.4. The SMILES string of the molecule is COC(=O)c1ccc(O)c(NCc2c(OC)cc(OC)cc2OC)c1. The average molecular weight is 347 g/mol. The minimum absolute atomic E-state index is 0.0131. The first-order chi connectivity index (χ1) is 12.0. The van der Waals surface area contributed by atoms with E-state index < -0.39 is 5.97 Å². The van der Waals surface area contributed by atoms with Gasteiger partial charge in [-0.15, -0.1) is 0 Å². The summed E-state index contributed by atoms with van der Waals surface area (Å²) >= 11 is 0. The summed E-state index contributed by atoms with van der Waals surface area (Å²) in [6.07, 6.45) is 0. The van der Waals surface area contributed by atoms with Crippen LogP contribution in [0.1, 0.15) is 15.9 Å². The van der Waals surface area contributed by atoms with Gasteiger partial charge in [-0.3, -0.25) is 0 Å². The molecule has 2 aromatic rings. The standard InChI is InChI=1S/C18H21NO6/c1-22-12-8-16(23-2)13(17(9-12)24-3)10-19-14-7-11(18(21)25-4)5-6-15(14)20/h5-9,19-20H,10H2,1-4H3. The predicted molar refractivity (Wildman–Crippen MR) is 92.9 cm³/mol. The molecule has 0 fully saturated rings. The smallest absolute Gasteiger partial charge is 0.337 e. The normalized spacial score (nSPS) is 10.1. The number of hydrogen-bond acceptors (Lipinski definition) is 7. The van der Waals surface area contributed by atoms with Gasteiger partial charge in [0.05, 0.1) is 45.3 Å². The quantitative estimate of drug-likeness (QED) is 0.588. The topological polar surface area (TPSA) is 86.3 Å². The number of esters is 1. The highest BCUT2D eigenvalue weighted by Gasteiger charge is 2.15. The molecule has 0 heterocycles. The lowest BCUT2D eigenvalue weighted by atomic mass is 10.1. The number of aromatic hydroxyl groups is 1. The Hall–Kier alpha value is -3.09.